The van der Waals surface area contributed by atoms with Crippen LogP contribution < -0.4 is 19.1 Å². The molecule has 3 aromatic carbocycles. The van der Waals surface area contributed by atoms with E-state index >= 15 is 0 Å². The van der Waals surface area contributed by atoms with Crippen LogP contribution in [0, 0.1) is 13.8 Å². The number of hydrogen-bond acceptors (Lipinski definition) is 6. The second-order valence-corrected chi connectivity index (χ2v) is 11.9. The molecule has 0 saturated carbocycles. The summed E-state index contributed by atoms with van der Waals surface area (Å²) in [5.74, 6) is -0.308. The molecule has 3 rings (SSSR count). The number of carbonyl (C=O) groups is 2. The Balaban J connectivity index is 2.10. The molecule has 0 saturated heterocycles. The number of aryl methyl sites for hydroxylation is 2. The number of rotatable bonds is 12. The number of nitrogens with one attached hydrogen (secondary N) is 1. The van der Waals surface area contributed by atoms with Crippen molar-refractivity contribution >= 4 is 39.1 Å². The van der Waals surface area contributed by atoms with Crippen molar-refractivity contribution in [3.63, 3.8) is 0 Å². The predicted octanol–water partition coefficient (Wildman–Crippen LogP) is 4.72. The average molecular weight is 602 g/mol. The lowest BCUT2D eigenvalue weighted by Gasteiger charge is -2.32. The second kappa shape index (κ2) is 13.7. The first-order chi connectivity index (χ1) is 19.4. The topological polar surface area (TPSA) is 105 Å². The highest BCUT2D eigenvalue weighted by atomic mass is 35.5. The van der Waals surface area contributed by atoms with Crippen LogP contribution in [0.15, 0.2) is 65.6 Å². The maximum atomic E-state index is 14.1. The van der Waals surface area contributed by atoms with Crippen molar-refractivity contribution in [2.24, 2.45) is 0 Å². The highest BCUT2D eigenvalue weighted by molar-refractivity contribution is 7.92. The predicted molar refractivity (Wildman–Crippen MR) is 160 cm³/mol. The van der Waals surface area contributed by atoms with Gasteiger partial charge in [0.2, 0.25) is 11.8 Å². The van der Waals surface area contributed by atoms with Crippen LogP contribution in [0.4, 0.5) is 5.69 Å². The Morgan fingerprint density at radius 3 is 2.10 bits per heavy atom. The molecule has 2 amide bonds. The Labute approximate surface area is 247 Å². The molecule has 1 N–H and O–H groups in total. The van der Waals surface area contributed by atoms with Gasteiger partial charge in [0.1, 0.15) is 12.6 Å². The largest absolute Gasteiger partial charge is 0.493 e. The zero-order valence-electron chi connectivity index (χ0n) is 24.1. The van der Waals surface area contributed by atoms with E-state index in [1.54, 1.807) is 50.2 Å². The van der Waals surface area contributed by atoms with Gasteiger partial charge in [-0.05, 0) is 80.8 Å². The summed E-state index contributed by atoms with van der Waals surface area (Å²) in [6.07, 6.45) is 0. The molecule has 41 heavy (non-hydrogen) atoms. The third-order valence-electron chi connectivity index (χ3n) is 6.50. The van der Waals surface area contributed by atoms with E-state index < -0.39 is 28.5 Å². The van der Waals surface area contributed by atoms with Crippen molar-refractivity contribution in [2.45, 2.75) is 45.2 Å². The van der Waals surface area contributed by atoms with E-state index in [4.69, 9.17) is 21.1 Å². The van der Waals surface area contributed by atoms with E-state index in [1.165, 1.54) is 37.3 Å². The number of sulfonamides is 1. The molecule has 3 aromatic rings. The lowest BCUT2D eigenvalue weighted by molar-refractivity contribution is -0.139. The molecule has 11 heteroatoms. The van der Waals surface area contributed by atoms with Gasteiger partial charge < -0.3 is 19.7 Å². The molecule has 0 aliphatic heterocycles. The average Bonchev–Trinajstić information content (AvgIpc) is 2.94. The van der Waals surface area contributed by atoms with Gasteiger partial charge in [-0.3, -0.25) is 13.9 Å². The zero-order valence-corrected chi connectivity index (χ0v) is 25.7. The number of benzene rings is 3. The molecule has 0 aliphatic rings. The number of amides is 2. The zero-order chi connectivity index (χ0) is 30.3. The third-order valence-corrected chi connectivity index (χ3v) is 8.52. The molecule has 1 atom stereocenters. The van der Waals surface area contributed by atoms with E-state index in [0.29, 0.717) is 23.0 Å². The van der Waals surface area contributed by atoms with Crippen molar-refractivity contribution in [1.29, 1.82) is 0 Å². The van der Waals surface area contributed by atoms with E-state index in [2.05, 4.69) is 5.32 Å². The Morgan fingerprint density at radius 1 is 0.927 bits per heavy atom. The molecule has 9 nitrogen and oxygen atoms in total. The van der Waals surface area contributed by atoms with Crippen LogP contribution in [-0.4, -0.2) is 58.5 Å². The standard InChI is InChI=1S/C30H36ClN3O6S/c1-7-32-30(36)22(4)33(18-23-8-10-24(31)11-9-23)29(35)19-34(25-15-20(2)14-21(3)16-25)41(37,38)26-12-13-27(39-5)28(17-26)40-6/h8-17,22H,7,18-19H2,1-6H3,(H,32,36)/t22-/m0/s1. The number of halogens is 1. The molecular formula is C30H36ClN3O6S. The molecule has 0 spiro atoms. The number of ether oxygens (including phenoxy) is 2. The quantitative estimate of drug-likeness (QED) is 0.322. The molecular weight excluding hydrogens is 566 g/mol. The molecule has 0 bridgehead atoms. The van der Waals surface area contributed by atoms with Crippen molar-refractivity contribution in [1.82, 2.24) is 10.2 Å². The van der Waals surface area contributed by atoms with Crippen LogP contribution in [-0.2, 0) is 26.2 Å². The summed E-state index contributed by atoms with van der Waals surface area (Å²) in [5.41, 5.74) is 2.71. The fraction of sp³-hybridized carbons (Fsp3) is 0.333. The summed E-state index contributed by atoms with van der Waals surface area (Å²) in [5, 5.41) is 3.28. The summed E-state index contributed by atoms with van der Waals surface area (Å²) >= 11 is 6.04. The Kier molecular flexibility index (Phi) is 10.6. The minimum Gasteiger partial charge on any atom is -0.493 e. The fourth-order valence-electron chi connectivity index (χ4n) is 4.42. The van der Waals surface area contributed by atoms with Gasteiger partial charge in [-0.1, -0.05) is 29.8 Å². The lowest BCUT2D eigenvalue weighted by Crippen LogP contribution is -2.51. The summed E-state index contributed by atoms with van der Waals surface area (Å²) in [6.45, 7) is 7.01. The van der Waals surface area contributed by atoms with Crippen LogP contribution in [0.25, 0.3) is 0 Å². The van der Waals surface area contributed by atoms with E-state index in [1.807, 2.05) is 19.9 Å². The molecule has 0 heterocycles. The van der Waals surface area contributed by atoms with Crippen molar-refractivity contribution in [3.8, 4) is 11.5 Å². The van der Waals surface area contributed by atoms with Gasteiger partial charge in [0.15, 0.2) is 11.5 Å². The number of hydrogen-bond donors (Lipinski definition) is 1. The first-order valence-electron chi connectivity index (χ1n) is 13.1. The van der Waals surface area contributed by atoms with E-state index in [-0.39, 0.29) is 23.1 Å². The van der Waals surface area contributed by atoms with Crippen LogP contribution in [0.3, 0.4) is 0 Å². The van der Waals surface area contributed by atoms with Gasteiger partial charge in [0.05, 0.1) is 24.8 Å². The number of nitrogens with zero attached hydrogens (tertiary/aromatic N) is 2. The Morgan fingerprint density at radius 2 is 1.54 bits per heavy atom. The normalized spacial score (nSPS) is 11.9. The highest BCUT2D eigenvalue weighted by Gasteiger charge is 2.33. The fourth-order valence-corrected chi connectivity index (χ4v) is 5.96. The molecule has 0 aliphatic carbocycles. The van der Waals surface area contributed by atoms with Crippen LogP contribution in [0.1, 0.15) is 30.5 Å². The number of methoxy groups -OCH3 is 2. The van der Waals surface area contributed by atoms with Gasteiger partial charge in [0.25, 0.3) is 10.0 Å². The molecule has 0 unspecified atom stereocenters. The minimum absolute atomic E-state index is 0.0748. The number of carbonyl (C=O) groups excluding carboxylic acids is 2. The summed E-state index contributed by atoms with van der Waals surface area (Å²) in [4.78, 5) is 28.1. The number of anilines is 1. The molecule has 0 radical (unpaired) electrons. The Hall–Kier alpha value is -3.76. The van der Waals surface area contributed by atoms with Gasteiger partial charge in [-0.25, -0.2) is 8.42 Å². The maximum Gasteiger partial charge on any atom is 0.264 e. The van der Waals surface area contributed by atoms with Crippen molar-refractivity contribution in [2.75, 3.05) is 31.6 Å². The monoisotopic (exact) mass is 601 g/mol. The van der Waals surface area contributed by atoms with Gasteiger partial charge >= 0.3 is 0 Å². The second-order valence-electron chi connectivity index (χ2n) is 9.59. The molecule has 0 aromatic heterocycles. The summed E-state index contributed by atoms with van der Waals surface area (Å²) in [6, 6.07) is 15.6. The molecule has 0 fully saturated rings. The van der Waals surface area contributed by atoms with Gasteiger partial charge in [-0.15, -0.1) is 0 Å². The van der Waals surface area contributed by atoms with Crippen LogP contribution >= 0.6 is 11.6 Å². The third kappa shape index (κ3) is 7.71. The summed E-state index contributed by atoms with van der Waals surface area (Å²) in [7, 11) is -1.41. The highest BCUT2D eigenvalue weighted by Crippen LogP contribution is 2.33. The van der Waals surface area contributed by atoms with Gasteiger partial charge in [-0.2, -0.15) is 0 Å². The van der Waals surface area contributed by atoms with Crippen molar-refractivity contribution < 1.29 is 27.5 Å². The smallest absolute Gasteiger partial charge is 0.264 e. The molecule has 220 valence electrons. The van der Waals surface area contributed by atoms with Gasteiger partial charge in [0, 0.05) is 24.2 Å². The maximum absolute atomic E-state index is 14.1. The lowest BCUT2D eigenvalue weighted by atomic mass is 10.1. The van der Waals surface area contributed by atoms with Crippen molar-refractivity contribution in [3.05, 3.63) is 82.4 Å². The Bertz CT molecular complexity index is 1470. The first-order valence-corrected chi connectivity index (χ1v) is 14.9. The SMILES string of the molecule is CCNC(=O)[C@H](C)N(Cc1ccc(Cl)cc1)C(=O)CN(c1cc(C)cc(C)c1)S(=O)(=O)c1ccc(OC)c(OC)c1. The van der Waals surface area contributed by atoms with E-state index in [0.717, 1.165) is 21.0 Å². The van der Waals surface area contributed by atoms with Crippen LogP contribution in [0.5, 0.6) is 11.5 Å². The number of likely N-dealkylation sites (N-methyl/N-ethyl adjacent to an activating group) is 1. The minimum atomic E-state index is -4.28. The van der Waals surface area contributed by atoms with E-state index in [9.17, 15) is 18.0 Å². The first kappa shape index (κ1) is 31.8. The van der Waals surface area contributed by atoms with Crippen LogP contribution in [0.2, 0.25) is 5.02 Å². The summed E-state index contributed by atoms with van der Waals surface area (Å²) < 4.78 is 40.0.